The second-order valence-corrected chi connectivity index (χ2v) is 7.07. The zero-order valence-electron chi connectivity index (χ0n) is 13.1. The van der Waals surface area contributed by atoms with Gasteiger partial charge < -0.3 is 9.64 Å². The Hall–Kier alpha value is -0.810. The van der Waals surface area contributed by atoms with Gasteiger partial charge in [-0.2, -0.15) is 0 Å². The number of hydrogen-bond acceptors (Lipinski definition) is 3. The van der Waals surface area contributed by atoms with Gasteiger partial charge in [0.05, 0.1) is 29.2 Å². The SMILES string of the molecule is O=C(C1CCCN(Cc2ccc(Cl)c(Cl)c2)C1)N1CCOCC1. The number of morpholine rings is 1. The van der Waals surface area contributed by atoms with Crippen molar-refractivity contribution in [1.82, 2.24) is 9.80 Å². The number of carbonyl (C=O) groups is 1. The lowest BCUT2D eigenvalue weighted by Gasteiger charge is -2.36. The van der Waals surface area contributed by atoms with Crippen LogP contribution in [0.15, 0.2) is 18.2 Å². The molecule has 3 rings (SSSR count). The standard InChI is InChI=1S/C17H22Cl2N2O2/c18-15-4-3-13(10-16(15)19)11-20-5-1-2-14(12-20)17(22)21-6-8-23-9-7-21/h3-4,10,14H,1-2,5-9,11-12H2. The molecule has 1 amide bonds. The molecule has 0 saturated carbocycles. The number of piperidine rings is 1. The van der Waals surface area contributed by atoms with Gasteiger partial charge in [-0.15, -0.1) is 0 Å². The van der Waals surface area contributed by atoms with Crippen LogP contribution in [0.2, 0.25) is 10.0 Å². The molecule has 2 saturated heterocycles. The summed E-state index contributed by atoms with van der Waals surface area (Å²) in [7, 11) is 0. The van der Waals surface area contributed by atoms with E-state index in [0.717, 1.165) is 51.1 Å². The minimum absolute atomic E-state index is 0.102. The molecular weight excluding hydrogens is 335 g/mol. The van der Waals surface area contributed by atoms with E-state index in [-0.39, 0.29) is 11.8 Å². The molecule has 1 aromatic carbocycles. The molecule has 2 heterocycles. The molecule has 1 aromatic rings. The molecule has 2 aliphatic heterocycles. The maximum atomic E-state index is 12.7. The van der Waals surface area contributed by atoms with E-state index in [0.29, 0.717) is 23.3 Å². The first-order valence-electron chi connectivity index (χ1n) is 8.16. The van der Waals surface area contributed by atoms with Crippen molar-refractivity contribution in [2.75, 3.05) is 39.4 Å². The zero-order chi connectivity index (χ0) is 16.2. The van der Waals surface area contributed by atoms with Crippen LogP contribution in [0.3, 0.4) is 0 Å². The van der Waals surface area contributed by atoms with Crippen molar-refractivity contribution in [2.45, 2.75) is 19.4 Å². The number of hydrogen-bond donors (Lipinski definition) is 0. The monoisotopic (exact) mass is 356 g/mol. The van der Waals surface area contributed by atoms with Gasteiger partial charge in [-0.05, 0) is 37.1 Å². The molecule has 0 bridgehead atoms. The third-order valence-electron chi connectivity index (χ3n) is 4.57. The molecule has 4 nitrogen and oxygen atoms in total. The van der Waals surface area contributed by atoms with Crippen LogP contribution in [0.4, 0.5) is 0 Å². The largest absolute Gasteiger partial charge is 0.378 e. The molecule has 0 spiro atoms. The third-order valence-corrected chi connectivity index (χ3v) is 5.31. The summed E-state index contributed by atoms with van der Waals surface area (Å²) in [6, 6.07) is 5.75. The maximum absolute atomic E-state index is 12.7. The van der Waals surface area contributed by atoms with Crippen molar-refractivity contribution in [2.24, 2.45) is 5.92 Å². The van der Waals surface area contributed by atoms with Gasteiger partial charge in [-0.1, -0.05) is 29.3 Å². The summed E-state index contributed by atoms with van der Waals surface area (Å²) < 4.78 is 5.33. The predicted octanol–water partition coefficient (Wildman–Crippen LogP) is 3.06. The Kier molecular flexibility index (Phi) is 5.81. The van der Waals surface area contributed by atoms with Crippen LogP contribution in [-0.4, -0.2) is 55.1 Å². The van der Waals surface area contributed by atoms with Crippen LogP contribution in [0.1, 0.15) is 18.4 Å². The van der Waals surface area contributed by atoms with E-state index in [9.17, 15) is 4.79 Å². The maximum Gasteiger partial charge on any atom is 0.227 e. The second kappa shape index (κ2) is 7.84. The Morgan fingerprint density at radius 3 is 2.70 bits per heavy atom. The quantitative estimate of drug-likeness (QED) is 0.834. The van der Waals surface area contributed by atoms with Gasteiger partial charge in [0, 0.05) is 26.2 Å². The highest BCUT2D eigenvalue weighted by Gasteiger charge is 2.30. The number of ether oxygens (including phenoxy) is 1. The van der Waals surface area contributed by atoms with Gasteiger partial charge in [0.2, 0.25) is 5.91 Å². The minimum atomic E-state index is 0.102. The Labute approximate surface area is 147 Å². The number of amides is 1. The van der Waals surface area contributed by atoms with Crippen LogP contribution >= 0.6 is 23.2 Å². The number of rotatable bonds is 3. The fourth-order valence-corrected chi connectivity index (χ4v) is 3.66. The van der Waals surface area contributed by atoms with Gasteiger partial charge in [0.15, 0.2) is 0 Å². The van der Waals surface area contributed by atoms with Crippen LogP contribution < -0.4 is 0 Å². The minimum Gasteiger partial charge on any atom is -0.378 e. The molecular formula is C17H22Cl2N2O2. The summed E-state index contributed by atoms with van der Waals surface area (Å²) in [5.41, 5.74) is 1.14. The number of halogens is 2. The van der Waals surface area contributed by atoms with Crippen molar-refractivity contribution >= 4 is 29.1 Å². The summed E-state index contributed by atoms with van der Waals surface area (Å²) in [5, 5.41) is 1.16. The highest BCUT2D eigenvalue weighted by Crippen LogP contribution is 2.25. The summed E-state index contributed by atoms with van der Waals surface area (Å²) in [6.45, 7) is 5.41. The van der Waals surface area contributed by atoms with E-state index in [2.05, 4.69) is 4.90 Å². The van der Waals surface area contributed by atoms with Crippen molar-refractivity contribution in [3.63, 3.8) is 0 Å². The Morgan fingerprint density at radius 1 is 1.17 bits per heavy atom. The van der Waals surface area contributed by atoms with E-state index < -0.39 is 0 Å². The number of likely N-dealkylation sites (tertiary alicyclic amines) is 1. The lowest BCUT2D eigenvalue weighted by Crippen LogP contribution is -2.48. The average molecular weight is 357 g/mol. The van der Waals surface area contributed by atoms with Crippen LogP contribution in [0.25, 0.3) is 0 Å². The Bertz CT molecular complexity index is 562. The topological polar surface area (TPSA) is 32.8 Å². The molecule has 0 aromatic heterocycles. The predicted molar refractivity (Wildman–Crippen MR) is 91.9 cm³/mol. The summed E-state index contributed by atoms with van der Waals surface area (Å²) >= 11 is 12.1. The fourth-order valence-electron chi connectivity index (χ4n) is 3.34. The highest BCUT2D eigenvalue weighted by atomic mass is 35.5. The molecule has 1 unspecified atom stereocenters. The van der Waals surface area contributed by atoms with Crippen LogP contribution in [-0.2, 0) is 16.1 Å². The Balaban J connectivity index is 1.59. The fraction of sp³-hybridized carbons (Fsp3) is 0.588. The zero-order valence-corrected chi connectivity index (χ0v) is 14.7. The van der Waals surface area contributed by atoms with Crippen molar-refractivity contribution in [1.29, 1.82) is 0 Å². The first-order valence-corrected chi connectivity index (χ1v) is 8.92. The van der Waals surface area contributed by atoms with E-state index in [1.54, 1.807) is 0 Å². The van der Waals surface area contributed by atoms with E-state index in [4.69, 9.17) is 27.9 Å². The molecule has 0 N–H and O–H groups in total. The summed E-state index contributed by atoms with van der Waals surface area (Å²) in [4.78, 5) is 16.9. The van der Waals surface area contributed by atoms with Crippen molar-refractivity contribution in [3.05, 3.63) is 33.8 Å². The molecule has 23 heavy (non-hydrogen) atoms. The van der Waals surface area contributed by atoms with E-state index >= 15 is 0 Å². The Morgan fingerprint density at radius 2 is 1.96 bits per heavy atom. The lowest BCUT2D eigenvalue weighted by atomic mass is 9.96. The summed E-state index contributed by atoms with van der Waals surface area (Å²) in [5.74, 6) is 0.386. The molecule has 1 atom stereocenters. The van der Waals surface area contributed by atoms with Gasteiger partial charge >= 0.3 is 0 Å². The first kappa shape index (κ1) is 17.0. The van der Waals surface area contributed by atoms with E-state index in [1.807, 2.05) is 23.1 Å². The molecule has 2 aliphatic rings. The number of benzene rings is 1. The van der Waals surface area contributed by atoms with Crippen molar-refractivity contribution in [3.8, 4) is 0 Å². The molecule has 2 fully saturated rings. The highest BCUT2D eigenvalue weighted by molar-refractivity contribution is 6.42. The second-order valence-electron chi connectivity index (χ2n) is 6.26. The average Bonchev–Trinajstić information content (AvgIpc) is 2.58. The first-order chi connectivity index (χ1) is 11.1. The van der Waals surface area contributed by atoms with Crippen LogP contribution in [0.5, 0.6) is 0 Å². The van der Waals surface area contributed by atoms with Gasteiger partial charge in [-0.25, -0.2) is 0 Å². The van der Waals surface area contributed by atoms with E-state index in [1.165, 1.54) is 0 Å². The van der Waals surface area contributed by atoms with Gasteiger partial charge in [0.25, 0.3) is 0 Å². The summed E-state index contributed by atoms with van der Waals surface area (Å²) in [6.07, 6.45) is 2.04. The molecule has 6 heteroatoms. The van der Waals surface area contributed by atoms with Gasteiger partial charge in [0.1, 0.15) is 0 Å². The van der Waals surface area contributed by atoms with Crippen molar-refractivity contribution < 1.29 is 9.53 Å². The number of carbonyl (C=O) groups excluding carboxylic acids is 1. The number of nitrogens with zero attached hydrogens (tertiary/aromatic N) is 2. The normalized spacial score (nSPS) is 23.0. The molecule has 0 aliphatic carbocycles. The third kappa shape index (κ3) is 4.38. The smallest absolute Gasteiger partial charge is 0.227 e. The van der Waals surface area contributed by atoms with Gasteiger partial charge in [-0.3, -0.25) is 9.69 Å². The lowest BCUT2D eigenvalue weighted by molar-refractivity contribution is -0.141. The molecule has 126 valence electrons. The molecule has 0 radical (unpaired) electrons. The van der Waals surface area contributed by atoms with Crippen LogP contribution in [0, 0.1) is 5.92 Å².